The van der Waals surface area contributed by atoms with Crippen LogP contribution in [0.2, 0.25) is 0 Å². The number of ether oxygens (including phenoxy) is 6. The molecule has 0 unspecified atom stereocenters. The minimum absolute atomic E-state index is 0.0227. The summed E-state index contributed by atoms with van der Waals surface area (Å²) >= 11 is 0. The van der Waals surface area contributed by atoms with Gasteiger partial charge >= 0.3 is 5.97 Å². The van der Waals surface area contributed by atoms with E-state index in [1.54, 1.807) is 59.8 Å². The van der Waals surface area contributed by atoms with E-state index >= 15 is 0 Å². The van der Waals surface area contributed by atoms with Crippen LogP contribution in [0.4, 0.5) is 0 Å². The molecule has 1 aromatic rings. The molecule has 1 spiro atoms. The Bertz CT molecular complexity index is 1340. The lowest BCUT2D eigenvalue weighted by Crippen LogP contribution is -2.77. The van der Waals surface area contributed by atoms with Gasteiger partial charge in [0.15, 0.2) is 5.78 Å². The number of likely N-dealkylation sites (tertiary alicyclic amines) is 1. The maximum absolute atomic E-state index is 14.8. The number of nitrogens with zero attached hydrogens (tertiary/aromatic N) is 1. The molecule has 1 N–H and O–H groups in total. The second-order valence-electron chi connectivity index (χ2n) is 14.6. The van der Waals surface area contributed by atoms with Gasteiger partial charge in [0.2, 0.25) is 0 Å². The van der Waals surface area contributed by atoms with Crippen LogP contribution in [0.3, 0.4) is 0 Å². The maximum atomic E-state index is 14.8. The second-order valence-corrected chi connectivity index (χ2v) is 14.6. The average molecular weight is 628 g/mol. The number of ketones is 1. The number of hydrogen-bond donors (Lipinski definition) is 1. The fourth-order valence-corrected chi connectivity index (χ4v) is 12.7. The Morgan fingerprint density at radius 2 is 1.69 bits per heavy atom. The fraction of sp³-hybridized carbons (Fsp3) is 0.771. The Kier molecular flexibility index (Phi) is 7.51. The van der Waals surface area contributed by atoms with E-state index in [1.165, 1.54) is 6.92 Å². The lowest BCUT2D eigenvalue weighted by Gasteiger charge is -2.69. The molecule has 1 aromatic carbocycles. The first-order valence-electron chi connectivity index (χ1n) is 16.5. The summed E-state index contributed by atoms with van der Waals surface area (Å²) in [5, 5.41) is 12.9. The monoisotopic (exact) mass is 627 g/mol. The standard InChI is InChI=1S/C35H49NO9/c1-8-36-17-32(18-40-3)14-13-23(42-5)35-22-15-33(39)24(43-6)16-34(45-19(2)37,27(31(35)36)29(44-7)30(32)35)25(22)26(33)28(38)20-9-11-21(41-4)12-10-20/h9-12,22-27,29-31,39H,8,13-18H2,1-7H3/t22-,23-,24+,25-,26+,27+,29-,30-,31-,32+,33-,34+,35-/m0/s1. The lowest BCUT2D eigenvalue weighted by atomic mass is 9.42. The van der Waals surface area contributed by atoms with Gasteiger partial charge in [-0.15, -0.1) is 0 Å². The second kappa shape index (κ2) is 10.7. The highest BCUT2D eigenvalue weighted by atomic mass is 16.6. The van der Waals surface area contributed by atoms with Crippen LogP contribution in [0.15, 0.2) is 24.3 Å². The Hall–Kier alpha value is -2.08. The molecule has 5 aliphatic carbocycles. The normalized spacial score (nSPS) is 47.4. The third-order valence-corrected chi connectivity index (χ3v) is 13.5. The third kappa shape index (κ3) is 3.72. The number of piperidine rings is 1. The van der Waals surface area contributed by atoms with Crippen LogP contribution in [-0.4, -0.2) is 113 Å². The molecule has 10 heteroatoms. The smallest absolute Gasteiger partial charge is 0.303 e. The molecule has 7 rings (SSSR count). The van der Waals surface area contributed by atoms with Crippen LogP contribution in [-0.2, 0) is 28.5 Å². The molecule has 13 atom stereocenters. The van der Waals surface area contributed by atoms with Crippen LogP contribution in [0, 0.1) is 40.4 Å². The molecule has 248 valence electrons. The van der Waals surface area contributed by atoms with Gasteiger partial charge in [0.05, 0.1) is 37.9 Å². The van der Waals surface area contributed by atoms with Crippen LogP contribution >= 0.6 is 0 Å². The van der Waals surface area contributed by atoms with Gasteiger partial charge in [-0.3, -0.25) is 14.5 Å². The van der Waals surface area contributed by atoms with Gasteiger partial charge in [-0.1, -0.05) is 6.92 Å². The SMILES string of the molecule is CCN1C[C@@]2(COC)CC[C@H](OC)[C@]34[C@@H]1[C@@H]([C@H](OC)[C@@H]23)[C@@]1(OC(C)=O)C[C@@H](OC)[C@@]2(O)C[C@H]4[C@H]1[C@@H]2C(=O)c1ccc(OC)cc1. The maximum Gasteiger partial charge on any atom is 0.303 e. The largest absolute Gasteiger partial charge is 0.497 e. The van der Waals surface area contributed by atoms with Crippen molar-refractivity contribution in [1.82, 2.24) is 4.90 Å². The van der Waals surface area contributed by atoms with Crippen LogP contribution in [0.1, 0.15) is 49.9 Å². The summed E-state index contributed by atoms with van der Waals surface area (Å²) in [6, 6.07) is 7.02. The van der Waals surface area contributed by atoms with E-state index in [2.05, 4.69) is 11.8 Å². The first-order chi connectivity index (χ1) is 21.6. The minimum atomic E-state index is -1.46. The Morgan fingerprint density at radius 1 is 0.978 bits per heavy atom. The first-order valence-corrected chi connectivity index (χ1v) is 16.5. The van der Waals surface area contributed by atoms with Crippen molar-refractivity contribution in [1.29, 1.82) is 0 Å². The summed E-state index contributed by atoms with van der Waals surface area (Å²) in [4.78, 5) is 30.7. The van der Waals surface area contributed by atoms with Crippen LogP contribution in [0.25, 0.3) is 0 Å². The van der Waals surface area contributed by atoms with E-state index in [0.29, 0.717) is 30.8 Å². The average Bonchev–Trinajstić information content (AvgIpc) is 3.43. The van der Waals surface area contributed by atoms with Crippen molar-refractivity contribution in [3.8, 4) is 5.75 Å². The van der Waals surface area contributed by atoms with Crippen molar-refractivity contribution >= 4 is 11.8 Å². The Balaban J connectivity index is 1.52. The van der Waals surface area contributed by atoms with E-state index < -0.39 is 40.5 Å². The molecule has 45 heavy (non-hydrogen) atoms. The van der Waals surface area contributed by atoms with Gasteiger partial charge < -0.3 is 33.5 Å². The highest BCUT2D eigenvalue weighted by molar-refractivity contribution is 5.99. The predicted octanol–water partition coefficient (Wildman–Crippen LogP) is 2.99. The molecule has 0 amide bonds. The molecule has 6 aliphatic rings. The highest BCUT2D eigenvalue weighted by Gasteiger charge is 2.89. The lowest BCUT2D eigenvalue weighted by molar-refractivity contribution is -0.277. The molecule has 1 aliphatic heterocycles. The van der Waals surface area contributed by atoms with E-state index in [1.807, 2.05) is 0 Å². The molecular weight excluding hydrogens is 578 g/mol. The summed E-state index contributed by atoms with van der Waals surface area (Å²) in [7, 11) is 8.52. The highest BCUT2D eigenvalue weighted by Crippen LogP contribution is 2.81. The zero-order valence-electron chi connectivity index (χ0n) is 27.6. The molecular formula is C35H49NO9. The summed E-state index contributed by atoms with van der Waals surface area (Å²) in [6.07, 6.45) is 1.28. The number of benzene rings is 1. The zero-order chi connectivity index (χ0) is 32.1. The predicted molar refractivity (Wildman–Crippen MR) is 163 cm³/mol. The Morgan fingerprint density at radius 3 is 2.27 bits per heavy atom. The minimum Gasteiger partial charge on any atom is -0.497 e. The topological polar surface area (TPSA) is 113 Å². The number of rotatable bonds is 10. The number of hydrogen-bond acceptors (Lipinski definition) is 10. The summed E-state index contributed by atoms with van der Waals surface area (Å²) in [5.74, 6) is -1.66. The van der Waals surface area contributed by atoms with Crippen molar-refractivity contribution in [3.63, 3.8) is 0 Å². The van der Waals surface area contributed by atoms with Crippen molar-refractivity contribution in [2.75, 3.05) is 55.2 Å². The van der Waals surface area contributed by atoms with E-state index in [0.717, 1.165) is 25.9 Å². The Labute approximate surface area is 266 Å². The summed E-state index contributed by atoms with van der Waals surface area (Å²) in [5.41, 5.74) is -2.76. The number of esters is 1. The summed E-state index contributed by atoms with van der Waals surface area (Å²) in [6.45, 7) is 5.86. The van der Waals surface area contributed by atoms with Gasteiger partial charge in [0.25, 0.3) is 0 Å². The van der Waals surface area contributed by atoms with E-state index in [9.17, 15) is 14.7 Å². The molecule has 7 bridgehead atoms. The van der Waals surface area contributed by atoms with Crippen molar-refractivity contribution in [2.45, 2.75) is 75.1 Å². The number of aliphatic hydroxyl groups is 1. The quantitative estimate of drug-likeness (QED) is 0.307. The van der Waals surface area contributed by atoms with Gasteiger partial charge in [-0.2, -0.15) is 0 Å². The molecule has 0 radical (unpaired) electrons. The first kappa shape index (κ1) is 31.5. The number of carbonyl (C=O) groups is 2. The van der Waals surface area contributed by atoms with E-state index in [-0.39, 0.29) is 47.2 Å². The molecule has 10 nitrogen and oxygen atoms in total. The molecule has 0 aromatic heterocycles. The van der Waals surface area contributed by atoms with Crippen LogP contribution < -0.4 is 4.74 Å². The number of fused-ring (bicyclic) bond motifs is 2. The van der Waals surface area contributed by atoms with Crippen molar-refractivity contribution in [2.24, 2.45) is 40.4 Å². The number of methoxy groups -OCH3 is 5. The van der Waals surface area contributed by atoms with Gasteiger partial charge in [0.1, 0.15) is 17.0 Å². The van der Waals surface area contributed by atoms with E-state index in [4.69, 9.17) is 28.4 Å². The number of carbonyl (C=O) groups excluding carboxylic acids is 2. The van der Waals surface area contributed by atoms with Gasteiger partial charge in [-0.25, -0.2) is 0 Å². The van der Waals surface area contributed by atoms with Gasteiger partial charge in [0, 0.05) is 88.5 Å². The zero-order valence-corrected chi connectivity index (χ0v) is 27.6. The number of Topliss-reactive ketones (excluding diaryl/α,β-unsaturated/α-hetero) is 1. The molecule has 1 heterocycles. The van der Waals surface area contributed by atoms with Crippen LogP contribution in [0.5, 0.6) is 5.75 Å². The van der Waals surface area contributed by atoms with Crippen molar-refractivity contribution in [3.05, 3.63) is 29.8 Å². The molecule has 1 saturated heterocycles. The third-order valence-electron chi connectivity index (χ3n) is 13.5. The summed E-state index contributed by atoms with van der Waals surface area (Å²) < 4.78 is 37.3. The van der Waals surface area contributed by atoms with Gasteiger partial charge in [-0.05, 0) is 56.0 Å². The molecule has 5 saturated carbocycles. The van der Waals surface area contributed by atoms with Crippen molar-refractivity contribution < 1.29 is 43.1 Å². The molecule has 6 fully saturated rings. The fourth-order valence-electron chi connectivity index (χ4n) is 12.7.